The van der Waals surface area contributed by atoms with Crippen LogP contribution in [0.15, 0.2) is 22.7 Å². The molecule has 0 radical (unpaired) electrons. The highest BCUT2D eigenvalue weighted by atomic mass is 79.9. The SMILES string of the molecule is CCNC1CC(Oc2ccc(C)cc2Br)C1OC. The molecule has 0 saturated heterocycles. The van der Waals surface area contributed by atoms with Crippen molar-refractivity contribution in [3.63, 3.8) is 0 Å². The Bertz CT molecular complexity index is 411. The average molecular weight is 314 g/mol. The molecule has 1 aromatic carbocycles. The van der Waals surface area contributed by atoms with E-state index in [-0.39, 0.29) is 12.2 Å². The minimum absolute atomic E-state index is 0.137. The summed E-state index contributed by atoms with van der Waals surface area (Å²) in [6.07, 6.45) is 1.27. The molecule has 0 heterocycles. The third-order valence-corrected chi connectivity index (χ3v) is 3.97. The number of nitrogens with one attached hydrogen (secondary N) is 1. The van der Waals surface area contributed by atoms with E-state index in [1.807, 2.05) is 6.07 Å². The lowest BCUT2D eigenvalue weighted by Crippen LogP contribution is -2.60. The van der Waals surface area contributed by atoms with E-state index in [1.165, 1.54) is 5.56 Å². The molecule has 0 bridgehead atoms. The summed E-state index contributed by atoms with van der Waals surface area (Å²) < 4.78 is 12.5. The highest BCUT2D eigenvalue weighted by molar-refractivity contribution is 9.10. The summed E-state index contributed by atoms with van der Waals surface area (Å²) in [6.45, 7) is 5.14. The Labute approximate surface area is 117 Å². The molecule has 1 saturated carbocycles. The van der Waals surface area contributed by atoms with Crippen molar-refractivity contribution in [2.24, 2.45) is 0 Å². The smallest absolute Gasteiger partial charge is 0.134 e. The minimum Gasteiger partial charge on any atom is -0.486 e. The molecule has 3 atom stereocenters. The molecule has 18 heavy (non-hydrogen) atoms. The van der Waals surface area contributed by atoms with E-state index in [0.29, 0.717) is 6.04 Å². The maximum atomic E-state index is 6.00. The number of likely N-dealkylation sites (N-methyl/N-ethyl adjacent to an activating group) is 1. The van der Waals surface area contributed by atoms with Gasteiger partial charge in [-0.15, -0.1) is 0 Å². The van der Waals surface area contributed by atoms with Crippen LogP contribution in [-0.2, 0) is 4.74 Å². The summed E-state index contributed by atoms with van der Waals surface area (Å²) in [4.78, 5) is 0. The average Bonchev–Trinajstić information content (AvgIpc) is 2.31. The Hall–Kier alpha value is -0.580. The number of rotatable bonds is 5. The van der Waals surface area contributed by atoms with Crippen LogP contribution in [0.25, 0.3) is 0 Å². The van der Waals surface area contributed by atoms with Crippen LogP contribution in [0.3, 0.4) is 0 Å². The van der Waals surface area contributed by atoms with Gasteiger partial charge in [-0.2, -0.15) is 0 Å². The normalized spacial score (nSPS) is 26.8. The van der Waals surface area contributed by atoms with Gasteiger partial charge in [0.25, 0.3) is 0 Å². The lowest BCUT2D eigenvalue weighted by molar-refractivity contribution is -0.0886. The van der Waals surface area contributed by atoms with Crippen molar-refractivity contribution in [3.8, 4) is 5.75 Å². The third kappa shape index (κ3) is 2.87. The summed E-state index contributed by atoms with van der Waals surface area (Å²) >= 11 is 3.54. The number of benzene rings is 1. The van der Waals surface area contributed by atoms with Gasteiger partial charge in [0.1, 0.15) is 18.0 Å². The fourth-order valence-corrected chi connectivity index (χ4v) is 2.93. The van der Waals surface area contributed by atoms with Crippen LogP contribution in [0.2, 0.25) is 0 Å². The van der Waals surface area contributed by atoms with Crippen LogP contribution >= 0.6 is 15.9 Å². The van der Waals surface area contributed by atoms with Gasteiger partial charge in [-0.1, -0.05) is 13.0 Å². The molecule has 1 aliphatic rings. The van der Waals surface area contributed by atoms with Gasteiger partial charge in [0.05, 0.1) is 4.47 Å². The zero-order valence-corrected chi connectivity index (χ0v) is 12.7. The molecule has 1 aliphatic carbocycles. The van der Waals surface area contributed by atoms with E-state index in [2.05, 4.69) is 47.2 Å². The lowest BCUT2D eigenvalue weighted by atomic mass is 9.85. The zero-order valence-electron chi connectivity index (χ0n) is 11.1. The van der Waals surface area contributed by atoms with Crippen LogP contribution < -0.4 is 10.1 Å². The van der Waals surface area contributed by atoms with Crippen molar-refractivity contribution >= 4 is 15.9 Å². The number of hydrogen-bond donors (Lipinski definition) is 1. The van der Waals surface area contributed by atoms with Gasteiger partial charge in [0.15, 0.2) is 0 Å². The molecule has 0 aliphatic heterocycles. The number of methoxy groups -OCH3 is 1. The molecule has 1 N–H and O–H groups in total. The summed E-state index contributed by atoms with van der Waals surface area (Å²) in [5.41, 5.74) is 1.22. The van der Waals surface area contributed by atoms with E-state index in [4.69, 9.17) is 9.47 Å². The fraction of sp³-hybridized carbons (Fsp3) is 0.571. The van der Waals surface area contributed by atoms with Crippen molar-refractivity contribution < 1.29 is 9.47 Å². The quantitative estimate of drug-likeness (QED) is 0.906. The summed E-state index contributed by atoms with van der Waals surface area (Å²) in [5, 5.41) is 3.41. The molecule has 4 heteroatoms. The molecular weight excluding hydrogens is 294 g/mol. The Morgan fingerprint density at radius 1 is 1.44 bits per heavy atom. The number of ether oxygens (including phenoxy) is 2. The fourth-order valence-electron chi connectivity index (χ4n) is 2.34. The van der Waals surface area contributed by atoms with Gasteiger partial charge in [-0.3, -0.25) is 0 Å². The highest BCUT2D eigenvalue weighted by Gasteiger charge is 2.42. The Morgan fingerprint density at radius 3 is 2.83 bits per heavy atom. The van der Waals surface area contributed by atoms with E-state index in [1.54, 1.807) is 7.11 Å². The van der Waals surface area contributed by atoms with Crippen LogP contribution in [-0.4, -0.2) is 31.9 Å². The van der Waals surface area contributed by atoms with E-state index in [9.17, 15) is 0 Å². The predicted molar refractivity (Wildman–Crippen MR) is 76.2 cm³/mol. The van der Waals surface area contributed by atoms with Gasteiger partial charge in [-0.05, 0) is 47.1 Å². The van der Waals surface area contributed by atoms with Gasteiger partial charge in [0, 0.05) is 19.6 Å². The predicted octanol–water partition coefficient (Wildman–Crippen LogP) is 2.90. The molecule has 100 valence electrons. The van der Waals surface area contributed by atoms with E-state index >= 15 is 0 Å². The topological polar surface area (TPSA) is 30.5 Å². The van der Waals surface area contributed by atoms with E-state index in [0.717, 1.165) is 23.2 Å². The number of halogens is 1. The first kappa shape index (κ1) is 13.8. The number of aryl methyl sites for hydroxylation is 1. The molecular formula is C14H20BrNO2. The first-order valence-corrected chi connectivity index (χ1v) is 7.14. The summed E-state index contributed by atoms with van der Waals surface area (Å²) in [7, 11) is 1.74. The number of hydrogen-bond acceptors (Lipinski definition) is 3. The second-order valence-corrected chi connectivity index (χ2v) is 5.54. The highest BCUT2D eigenvalue weighted by Crippen LogP contribution is 2.33. The van der Waals surface area contributed by atoms with Gasteiger partial charge < -0.3 is 14.8 Å². The maximum Gasteiger partial charge on any atom is 0.134 e. The molecule has 1 aromatic rings. The largest absolute Gasteiger partial charge is 0.486 e. The molecule has 2 rings (SSSR count). The lowest BCUT2D eigenvalue weighted by Gasteiger charge is -2.43. The monoisotopic (exact) mass is 313 g/mol. The molecule has 0 spiro atoms. The van der Waals surface area contributed by atoms with Crippen molar-refractivity contribution in [2.45, 2.75) is 38.5 Å². The van der Waals surface area contributed by atoms with Crippen molar-refractivity contribution in [3.05, 3.63) is 28.2 Å². The Morgan fingerprint density at radius 2 is 2.22 bits per heavy atom. The first-order chi connectivity index (χ1) is 8.65. The van der Waals surface area contributed by atoms with Gasteiger partial charge in [0.2, 0.25) is 0 Å². The molecule has 0 amide bonds. The Balaban J connectivity index is 1.98. The minimum atomic E-state index is 0.137. The second-order valence-electron chi connectivity index (χ2n) is 4.69. The van der Waals surface area contributed by atoms with E-state index < -0.39 is 0 Å². The first-order valence-electron chi connectivity index (χ1n) is 6.34. The zero-order chi connectivity index (χ0) is 13.1. The van der Waals surface area contributed by atoms with Crippen LogP contribution in [0.1, 0.15) is 18.9 Å². The van der Waals surface area contributed by atoms with Crippen LogP contribution in [0, 0.1) is 6.92 Å². The van der Waals surface area contributed by atoms with Gasteiger partial charge in [-0.25, -0.2) is 0 Å². The Kier molecular flexibility index (Phi) is 4.65. The second kappa shape index (κ2) is 6.04. The molecule has 1 fully saturated rings. The van der Waals surface area contributed by atoms with Gasteiger partial charge >= 0.3 is 0 Å². The molecule has 3 nitrogen and oxygen atoms in total. The van der Waals surface area contributed by atoms with Crippen molar-refractivity contribution in [1.82, 2.24) is 5.32 Å². The molecule has 3 unspecified atom stereocenters. The standard InChI is InChI=1S/C14H20BrNO2/c1-4-16-11-8-13(14(11)17-3)18-12-6-5-9(2)7-10(12)15/h5-7,11,13-14,16H,4,8H2,1-3H3. The third-order valence-electron chi connectivity index (χ3n) is 3.35. The molecule has 0 aromatic heterocycles. The van der Waals surface area contributed by atoms with Crippen LogP contribution in [0.4, 0.5) is 0 Å². The summed E-state index contributed by atoms with van der Waals surface area (Å²) in [6, 6.07) is 6.54. The van der Waals surface area contributed by atoms with Crippen molar-refractivity contribution in [1.29, 1.82) is 0 Å². The summed E-state index contributed by atoms with van der Waals surface area (Å²) in [5.74, 6) is 0.891. The van der Waals surface area contributed by atoms with Crippen LogP contribution in [0.5, 0.6) is 5.75 Å². The van der Waals surface area contributed by atoms with Crippen molar-refractivity contribution in [2.75, 3.05) is 13.7 Å². The maximum absolute atomic E-state index is 6.00.